The average molecular weight is 258 g/mol. The van der Waals surface area contributed by atoms with E-state index in [1.54, 1.807) is 18.3 Å². The minimum atomic E-state index is -0.0913. The number of hydrogen-bond acceptors (Lipinski definition) is 4. The van der Waals surface area contributed by atoms with Gasteiger partial charge in [0.1, 0.15) is 0 Å². The summed E-state index contributed by atoms with van der Waals surface area (Å²) >= 11 is 0. The van der Waals surface area contributed by atoms with E-state index in [-0.39, 0.29) is 11.5 Å². The summed E-state index contributed by atoms with van der Waals surface area (Å²) in [5.74, 6) is -0.155. The van der Waals surface area contributed by atoms with Gasteiger partial charge >= 0.3 is 0 Å². The van der Waals surface area contributed by atoms with Crippen molar-refractivity contribution in [2.75, 3.05) is 0 Å². The minimum absolute atomic E-state index is 0.0632. The quantitative estimate of drug-likeness (QED) is 0.720. The molecule has 1 aromatic heterocycles. The monoisotopic (exact) mass is 258 g/mol. The number of aromatic hydroxyl groups is 2. The first-order chi connectivity index (χ1) is 9.22. The number of phenols is 2. The third kappa shape index (κ3) is 3.23. The van der Waals surface area contributed by atoms with Gasteiger partial charge in [-0.3, -0.25) is 4.98 Å². The van der Waals surface area contributed by atoms with E-state index in [1.807, 2.05) is 6.07 Å². The SMILES string of the molecule is CCc1cccnc1CNCc1cccc(O)c1O. The molecule has 0 aliphatic carbocycles. The molecule has 0 saturated carbocycles. The molecular formula is C15H18N2O2. The second-order valence-corrected chi connectivity index (χ2v) is 4.35. The molecule has 0 atom stereocenters. The highest BCUT2D eigenvalue weighted by Gasteiger charge is 2.06. The molecule has 0 spiro atoms. The molecule has 0 unspecified atom stereocenters. The Morgan fingerprint density at radius 2 is 1.84 bits per heavy atom. The normalized spacial score (nSPS) is 10.6. The Kier molecular flexibility index (Phi) is 4.36. The van der Waals surface area contributed by atoms with Crippen LogP contribution in [0.25, 0.3) is 0 Å². The lowest BCUT2D eigenvalue weighted by Crippen LogP contribution is -2.15. The second-order valence-electron chi connectivity index (χ2n) is 4.35. The first-order valence-electron chi connectivity index (χ1n) is 6.35. The van der Waals surface area contributed by atoms with E-state index < -0.39 is 0 Å². The van der Waals surface area contributed by atoms with Gasteiger partial charge in [-0.05, 0) is 24.1 Å². The Morgan fingerprint density at radius 3 is 2.63 bits per heavy atom. The van der Waals surface area contributed by atoms with Gasteiger partial charge in [-0.15, -0.1) is 0 Å². The number of nitrogens with zero attached hydrogens (tertiary/aromatic N) is 1. The minimum Gasteiger partial charge on any atom is -0.504 e. The van der Waals surface area contributed by atoms with Gasteiger partial charge in [0.15, 0.2) is 11.5 Å². The zero-order chi connectivity index (χ0) is 13.7. The number of rotatable bonds is 5. The Hall–Kier alpha value is -2.07. The number of benzene rings is 1. The van der Waals surface area contributed by atoms with E-state index >= 15 is 0 Å². The molecule has 0 aliphatic heterocycles. The molecule has 1 aromatic carbocycles. The van der Waals surface area contributed by atoms with E-state index in [0.29, 0.717) is 18.7 Å². The standard InChI is InChI=1S/C15H18N2O2/c1-2-11-6-4-8-17-13(11)10-16-9-12-5-3-7-14(18)15(12)19/h3-8,16,18-19H,2,9-10H2,1H3. The predicted molar refractivity (Wildman–Crippen MR) is 73.9 cm³/mol. The molecule has 2 rings (SSSR count). The summed E-state index contributed by atoms with van der Waals surface area (Å²) in [6.45, 7) is 3.22. The van der Waals surface area contributed by atoms with Gasteiger partial charge in [-0.2, -0.15) is 0 Å². The summed E-state index contributed by atoms with van der Waals surface area (Å²) in [6.07, 6.45) is 2.73. The summed E-state index contributed by atoms with van der Waals surface area (Å²) in [5, 5.41) is 22.3. The van der Waals surface area contributed by atoms with Crippen molar-refractivity contribution in [1.82, 2.24) is 10.3 Å². The molecule has 100 valence electrons. The molecule has 0 saturated heterocycles. The lowest BCUT2D eigenvalue weighted by Gasteiger charge is -2.09. The van der Waals surface area contributed by atoms with Crippen LogP contribution in [0.5, 0.6) is 11.5 Å². The summed E-state index contributed by atoms with van der Waals surface area (Å²) < 4.78 is 0. The number of hydrogen-bond donors (Lipinski definition) is 3. The molecule has 0 radical (unpaired) electrons. The van der Waals surface area contributed by atoms with Crippen molar-refractivity contribution in [1.29, 1.82) is 0 Å². The highest BCUT2D eigenvalue weighted by Crippen LogP contribution is 2.27. The van der Waals surface area contributed by atoms with Crippen LogP contribution >= 0.6 is 0 Å². The van der Waals surface area contributed by atoms with Crippen LogP contribution in [0, 0.1) is 0 Å². The maximum Gasteiger partial charge on any atom is 0.161 e. The fraction of sp³-hybridized carbons (Fsp3) is 0.267. The number of pyridine rings is 1. The van der Waals surface area contributed by atoms with E-state index in [2.05, 4.69) is 23.3 Å². The average Bonchev–Trinajstić information content (AvgIpc) is 2.44. The molecule has 3 N–H and O–H groups in total. The molecule has 4 nitrogen and oxygen atoms in total. The molecule has 1 heterocycles. The van der Waals surface area contributed by atoms with Crippen LogP contribution in [0.2, 0.25) is 0 Å². The number of para-hydroxylation sites is 1. The first kappa shape index (κ1) is 13.4. The largest absolute Gasteiger partial charge is 0.504 e. The Labute approximate surface area is 112 Å². The summed E-state index contributed by atoms with van der Waals surface area (Å²) in [6, 6.07) is 8.96. The number of aromatic nitrogens is 1. The molecule has 0 amide bonds. The van der Waals surface area contributed by atoms with Crippen LogP contribution in [0.3, 0.4) is 0 Å². The van der Waals surface area contributed by atoms with Crippen molar-refractivity contribution in [2.24, 2.45) is 0 Å². The Balaban J connectivity index is 1.98. The third-order valence-electron chi connectivity index (χ3n) is 3.07. The predicted octanol–water partition coefficient (Wildman–Crippen LogP) is 2.35. The molecule has 4 heteroatoms. The molecular weight excluding hydrogens is 240 g/mol. The molecule has 0 fully saturated rings. The van der Waals surface area contributed by atoms with Crippen LogP contribution in [0.15, 0.2) is 36.5 Å². The number of phenolic OH excluding ortho intramolecular Hbond substituents is 2. The lowest BCUT2D eigenvalue weighted by molar-refractivity contribution is 0.397. The van der Waals surface area contributed by atoms with Crippen LogP contribution in [-0.2, 0) is 19.5 Å². The van der Waals surface area contributed by atoms with Gasteiger partial charge in [0.2, 0.25) is 0 Å². The highest BCUT2D eigenvalue weighted by atomic mass is 16.3. The van der Waals surface area contributed by atoms with Crippen molar-refractivity contribution in [3.8, 4) is 11.5 Å². The van der Waals surface area contributed by atoms with Crippen LogP contribution < -0.4 is 5.32 Å². The van der Waals surface area contributed by atoms with E-state index in [1.165, 1.54) is 11.6 Å². The fourth-order valence-electron chi connectivity index (χ4n) is 1.99. The van der Waals surface area contributed by atoms with Crippen molar-refractivity contribution in [3.05, 3.63) is 53.3 Å². The molecule has 2 aromatic rings. The van der Waals surface area contributed by atoms with Crippen molar-refractivity contribution in [3.63, 3.8) is 0 Å². The van der Waals surface area contributed by atoms with Gasteiger partial charge in [-0.1, -0.05) is 25.1 Å². The maximum atomic E-state index is 9.69. The molecule has 0 bridgehead atoms. The van der Waals surface area contributed by atoms with Crippen LogP contribution in [0.1, 0.15) is 23.7 Å². The zero-order valence-electron chi connectivity index (χ0n) is 10.9. The Morgan fingerprint density at radius 1 is 1.05 bits per heavy atom. The van der Waals surface area contributed by atoms with E-state index in [4.69, 9.17) is 0 Å². The van der Waals surface area contributed by atoms with Gasteiger partial charge < -0.3 is 15.5 Å². The highest BCUT2D eigenvalue weighted by molar-refractivity contribution is 5.44. The van der Waals surface area contributed by atoms with Gasteiger partial charge in [-0.25, -0.2) is 0 Å². The Bertz CT molecular complexity index is 556. The van der Waals surface area contributed by atoms with Crippen molar-refractivity contribution in [2.45, 2.75) is 26.4 Å². The van der Waals surface area contributed by atoms with Crippen LogP contribution in [0.4, 0.5) is 0 Å². The summed E-state index contributed by atoms with van der Waals surface area (Å²) in [4.78, 5) is 4.35. The van der Waals surface area contributed by atoms with Gasteiger partial charge in [0, 0.05) is 24.8 Å². The zero-order valence-corrected chi connectivity index (χ0v) is 10.9. The molecule has 19 heavy (non-hydrogen) atoms. The third-order valence-corrected chi connectivity index (χ3v) is 3.07. The summed E-state index contributed by atoms with van der Waals surface area (Å²) in [5.41, 5.74) is 2.91. The topological polar surface area (TPSA) is 65.4 Å². The smallest absolute Gasteiger partial charge is 0.161 e. The van der Waals surface area contributed by atoms with Crippen molar-refractivity contribution < 1.29 is 10.2 Å². The maximum absolute atomic E-state index is 9.69. The van der Waals surface area contributed by atoms with E-state index in [0.717, 1.165) is 12.1 Å². The van der Waals surface area contributed by atoms with Crippen LogP contribution in [-0.4, -0.2) is 15.2 Å². The lowest BCUT2D eigenvalue weighted by atomic mass is 10.1. The van der Waals surface area contributed by atoms with E-state index in [9.17, 15) is 10.2 Å². The van der Waals surface area contributed by atoms with Gasteiger partial charge in [0.25, 0.3) is 0 Å². The molecule has 0 aliphatic rings. The fourth-order valence-corrected chi connectivity index (χ4v) is 1.99. The number of aryl methyl sites for hydroxylation is 1. The number of nitrogens with one attached hydrogen (secondary N) is 1. The summed E-state index contributed by atoms with van der Waals surface area (Å²) in [7, 11) is 0. The first-order valence-corrected chi connectivity index (χ1v) is 6.35. The van der Waals surface area contributed by atoms with Gasteiger partial charge in [0.05, 0.1) is 5.69 Å². The second kappa shape index (κ2) is 6.20. The van der Waals surface area contributed by atoms with Crippen molar-refractivity contribution >= 4 is 0 Å².